The van der Waals surface area contributed by atoms with Crippen LogP contribution in [0.3, 0.4) is 0 Å². The lowest BCUT2D eigenvalue weighted by molar-refractivity contribution is -0.710. The van der Waals surface area contributed by atoms with E-state index in [0.717, 1.165) is 33.4 Å². The van der Waals surface area contributed by atoms with E-state index in [-0.39, 0.29) is 44.9 Å². The fourth-order valence-corrected chi connectivity index (χ4v) is 7.94. The minimum Gasteiger partial charge on any atom is -0.478 e. The van der Waals surface area contributed by atoms with Gasteiger partial charge in [-0.15, -0.1) is 0 Å². The molecule has 0 radical (unpaired) electrons. The molecule has 0 aromatic carbocycles. The maximum absolute atomic E-state index is 13.5. The number of aromatic carboxylic acids is 2. The smallest absolute Gasteiger partial charge is 0.338 e. The lowest BCUT2D eigenvalue weighted by atomic mass is 9.70. The van der Waals surface area contributed by atoms with Crippen molar-refractivity contribution in [2.75, 3.05) is 11.5 Å². The standard InChI is InChI=1S/C52H60N4O6/c1-33(17-13-19-35(3)21-23-41-37(5)47(57)45(29-51(41,7)8)55-27-25-39(49(59)60)43(53)31-55)15-11-12-16-34(2)18-14-20-36(4)22-24-42-38(6)48(58)46(30-52(42,9)10)56-28-26-40(50(61)62)44(54)32-56/h11-28,31-32,45-46H,29-30,53-54H2,1-10H3/p+2/b12-11+,17-13+,18-14+,23-21+,24-22+,33-15+,34-16+,35-19+,36-20+. The molecule has 2 aromatic heterocycles. The Morgan fingerprint density at radius 2 is 0.919 bits per heavy atom. The van der Waals surface area contributed by atoms with E-state index in [1.54, 1.807) is 21.5 Å². The Morgan fingerprint density at radius 1 is 0.597 bits per heavy atom. The number of nitrogens with zero attached hydrogens (tertiary/aromatic N) is 2. The molecule has 2 unspecified atom stereocenters. The third kappa shape index (κ3) is 12.0. The second-order valence-corrected chi connectivity index (χ2v) is 17.6. The average Bonchev–Trinajstić information content (AvgIpc) is 3.18. The van der Waals surface area contributed by atoms with Crippen LogP contribution in [0.5, 0.6) is 0 Å². The van der Waals surface area contributed by atoms with Crippen LogP contribution in [0.1, 0.15) is 115 Å². The molecule has 10 heteroatoms. The van der Waals surface area contributed by atoms with Crippen LogP contribution in [0.4, 0.5) is 11.4 Å². The van der Waals surface area contributed by atoms with Crippen LogP contribution in [-0.2, 0) is 9.59 Å². The Labute approximate surface area is 366 Å². The molecular formula is C52H62N4O6+2. The number of nitrogens with two attached hydrogens (primary N) is 2. The molecule has 10 nitrogen and oxygen atoms in total. The van der Waals surface area contributed by atoms with E-state index in [9.17, 15) is 29.4 Å². The average molecular weight is 839 g/mol. The van der Waals surface area contributed by atoms with Gasteiger partial charge in [0.25, 0.3) is 0 Å². The minimum atomic E-state index is -1.10. The van der Waals surface area contributed by atoms with Crippen molar-refractivity contribution in [2.24, 2.45) is 10.8 Å². The van der Waals surface area contributed by atoms with E-state index in [1.165, 1.54) is 24.5 Å². The van der Waals surface area contributed by atoms with E-state index in [4.69, 9.17) is 11.5 Å². The zero-order valence-corrected chi connectivity index (χ0v) is 37.7. The van der Waals surface area contributed by atoms with Crippen LogP contribution in [0, 0.1) is 10.8 Å². The number of hydrogen-bond donors (Lipinski definition) is 4. The van der Waals surface area contributed by atoms with Gasteiger partial charge in [0.05, 0.1) is 11.1 Å². The number of Topliss-reactive ketones (excluding diaryl/α,β-unsaturated/α-hetero) is 2. The largest absolute Gasteiger partial charge is 0.478 e. The molecule has 0 bridgehead atoms. The SMILES string of the molecule is CC1=C(/C=C/C(C)=C/C=C/C(C)=C/C=C/C=C(C)/C=C/C=C(C)/C=C/C2=C(C)C(=O)C([n+]3ccc(C(=O)O)c(N)c3)CC2(C)C)C(C)(C)CC([n+]2ccc(C(=O)O)c(N)c2)C1=O. The normalized spacial score (nSPS) is 20.6. The second-order valence-electron chi connectivity index (χ2n) is 17.6. The summed E-state index contributed by atoms with van der Waals surface area (Å²) in [5.74, 6) is -2.22. The summed E-state index contributed by atoms with van der Waals surface area (Å²) in [5.41, 5.74) is 19.2. The third-order valence-corrected chi connectivity index (χ3v) is 11.5. The van der Waals surface area contributed by atoms with Gasteiger partial charge in [-0.05, 0) is 63.5 Å². The summed E-state index contributed by atoms with van der Waals surface area (Å²) in [7, 11) is 0. The number of aromatic nitrogens is 2. The number of carboxylic acids is 2. The van der Waals surface area contributed by atoms with Gasteiger partial charge in [-0.1, -0.05) is 135 Å². The van der Waals surface area contributed by atoms with Gasteiger partial charge >= 0.3 is 11.9 Å². The van der Waals surface area contributed by atoms with Gasteiger partial charge in [0.1, 0.15) is 11.4 Å². The zero-order valence-electron chi connectivity index (χ0n) is 37.7. The van der Waals surface area contributed by atoms with E-state index >= 15 is 0 Å². The minimum absolute atomic E-state index is 0.00950. The highest BCUT2D eigenvalue weighted by molar-refractivity contribution is 6.00. The molecule has 62 heavy (non-hydrogen) atoms. The number of carbonyl (C=O) groups is 4. The van der Waals surface area contributed by atoms with Crippen molar-refractivity contribution in [2.45, 2.75) is 94.2 Å². The Balaban J connectivity index is 1.33. The lowest BCUT2D eigenvalue weighted by Gasteiger charge is -2.34. The molecule has 324 valence electrons. The molecule has 0 aliphatic heterocycles. The summed E-state index contributed by atoms with van der Waals surface area (Å²) in [5, 5.41) is 18.7. The summed E-state index contributed by atoms with van der Waals surface area (Å²) in [6.07, 6.45) is 35.7. The first-order valence-electron chi connectivity index (χ1n) is 20.7. The molecule has 0 spiro atoms. The summed E-state index contributed by atoms with van der Waals surface area (Å²) in [6.45, 7) is 20.3. The summed E-state index contributed by atoms with van der Waals surface area (Å²) >= 11 is 0. The van der Waals surface area contributed by atoms with Gasteiger partial charge in [0, 0.05) is 36.1 Å². The van der Waals surface area contributed by atoms with Gasteiger partial charge in [-0.25, -0.2) is 9.59 Å². The topological polar surface area (TPSA) is 169 Å². The first-order chi connectivity index (χ1) is 29.0. The monoisotopic (exact) mass is 838 g/mol. The number of carbonyl (C=O) groups excluding carboxylic acids is 2. The number of rotatable bonds is 14. The van der Waals surface area contributed by atoms with Gasteiger partial charge in [0.15, 0.2) is 24.8 Å². The quantitative estimate of drug-likeness (QED) is 0.108. The van der Waals surface area contributed by atoms with Gasteiger partial charge < -0.3 is 21.7 Å². The molecule has 4 rings (SSSR count). The highest BCUT2D eigenvalue weighted by Gasteiger charge is 2.44. The second kappa shape index (κ2) is 20.3. The summed E-state index contributed by atoms with van der Waals surface area (Å²) in [6, 6.07) is 1.94. The van der Waals surface area contributed by atoms with Crippen molar-refractivity contribution in [1.29, 1.82) is 0 Å². The number of ketones is 2. The zero-order chi connectivity index (χ0) is 46.1. The van der Waals surface area contributed by atoms with Crippen molar-refractivity contribution >= 4 is 34.9 Å². The molecule has 0 saturated heterocycles. The maximum Gasteiger partial charge on any atom is 0.338 e. The molecule has 2 aliphatic rings. The van der Waals surface area contributed by atoms with Crippen molar-refractivity contribution in [1.82, 2.24) is 0 Å². The van der Waals surface area contributed by atoms with Crippen molar-refractivity contribution < 1.29 is 38.5 Å². The Morgan fingerprint density at radius 3 is 1.24 bits per heavy atom. The molecule has 0 fully saturated rings. The van der Waals surface area contributed by atoms with Crippen molar-refractivity contribution in [3.8, 4) is 0 Å². The van der Waals surface area contributed by atoms with E-state index in [2.05, 4.69) is 27.7 Å². The number of nitrogen functional groups attached to an aromatic ring is 2. The number of carboxylic acid groups (broad SMARTS) is 2. The molecule has 6 N–H and O–H groups in total. The summed E-state index contributed by atoms with van der Waals surface area (Å²) < 4.78 is 3.44. The lowest BCUT2D eigenvalue weighted by Crippen LogP contribution is -2.49. The number of anilines is 2. The molecule has 2 aliphatic carbocycles. The fourth-order valence-electron chi connectivity index (χ4n) is 7.94. The predicted molar refractivity (Wildman–Crippen MR) is 247 cm³/mol. The third-order valence-electron chi connectivity index (χ3n) is 11.5. The Bertz CT molecular complexity index is 2320. The first-order valence-corrected chi connectivity index (χ1v) is 20.7. The first kappa shape index (κ1) is 48.0. The van der Waals surface area contributed by atoms with Crippen LogP contribution >= 0.6 is 0 Å². The van der Waals surface area contributed by atoms with Crippen LogP contribution in [0.25, 0.3) is 0 Å². The van der Waals surface area contributed by atoms with Crippen molar-refractivity contribution in [3.05, 3.63) is 178 Å². The van der Waals surface area contributed by atoms with Crippen LogP contribution in [0.2, 0.25) is 0 Å². The molecule has 0 amide bonds. The number of hydrogen-bond acceptors (Lipinski definition) is 6. The van der Waals surface area contributed by atoms with E-state index < -0.39 is 24.0 Å². The van der Waals surface area contributed by atoms with E-state index in [1.807, 2.05) is 127 Å². The molecule has 2 atom stereocenters. The molecule has 2 heterocycles. The Hall–Kier alpha value is -6.68. The van der Waals surface area contributed by atoms with E-state index in [0.29, 0.717) is 24.0 Å². The highest BCUT2D eigenvalue weighted by Crippen LogP contribution is 2.43. The van der Waals surface area contributed by atoms with Gasteiger partial charge in [0.2, 0.25) is 23.7 Å². The highest BCUT2D eigenvalue weighted by atomic mass is 16.4. The molecule has 2 aromatic rings. The Kier molecular flexibility index (Phi) is 15.7. The summed E-state index contributed by atoms with van der Waals surface area (Å²) in [4.78, 5) is 49.8. The van der Waals surface area contributed by atoms with Crippen LogP contribution in [-0.4, -0.2) is 33.7 Å². The number of allylic oxidation sites excluding steroid dienone is 22. The predicted octanol–water partition coefficient (Wildman–Crippen LogP) is 9.80. The fraction of sp³-hybridized carbons (Fsp3) is 0.308. The molecular weight excluding hydrogens is 777 g/mol. The van der Waals surface area contributed by atoms with Gasteiger partial charge in [-0.3, -0.25) is 9.59 Å². The van der Waals surface area contributed by atoms with Crippen LogP contribution < -0.4 is 20.6 Å². The molecule has 0 saturated carbocycles. The van der Waals surface area contributed by atoms with Crippen molar-refractivity contribution in [3.63, 3.8) is 0 Å². The number of pyridine rings is 2. The van der Waals surface area contributed by atoms with Gasteiger partial charge in [-0.2, -0.15) is 9.13 Å². The maximum atomic E-state index is 13.5. The van der Waals surface area contributed by atoms with Crippen LogP contribution in [0.15, 0.2) is 167 Å².